The van der Waals surface area contributed by atoms with Crippen LogP contribution >= 0.6 is 11.8 Å². The fraction of sp³-hybridized carbons (Fsp3) is 0.217. The Morgan fingerprint density at radius 3 is 2.66 bits per heavy atom. The van der Waals surface area contributed by atoms with E-state index in [9.17, 15) is 24.0 Å². The number of nitriles is 1. The zero-order valence-electron chi connectivity index (χ0n) is 17.3. The Bertz CT molecular complexity index is 1140. The van der Waals surface area contributed by atoms with Crippen molar-refractivity contribution < 1.29 is 23.5 Å². The number of ether oxygens (including phenoxy) is 1. The first-order chi connectivity index (χ1) is 15.3. The molecule has 2 N–H and O–H groups in total. The lowest BCUT2D eigenvalue weighted by Gasteiger charge is -2.31. The van der Waals surface area contributed by atoms with E-state index in [2.05, 4.69) is 10.6 Å². The second-order valence-corrected chi connectivity index (χ2v) is 8.04. The van der Waals surface area contributed by atoms with Crippen LogP contribution < -0.4 is 10.6 Å². The minimum absolute atomic E-state index is 0.0153. The van der Waals surface area contributed by atoms with Gasteiger partial charge in [0.1, 0.15) is 11.7 Å². The summed E-state index contributed by atoms with van der Waals surface area (Å²) in [4.78, 5) is 37.5. The van der Waals surface area contributed by atoms with Crippen LogP contribution in [-0.4, -0.2) is 30.6 Å². The van der Waals surface area contributed by atoms with Gasteiger partial charge in [-0.1, -0.05) is 42.1 Å². The lowest BCUT2D eigenvalue weighted by Crippen LogP contribution is -2.44. The van der Waals surface area contributed by atoms with Crippen molar-refractivity contribution in [3.8, 4) is 6.07 Å². The Kier molecular flexibility index (Phi) is 7.28. The largest absolute Gasteiger partial charge is 0.468 e. The van der Waals surface area contributed by atoms with E-state index >= 15 is 0 Å². The molecule has 2 amide bonds. The summed E-state index contributed by atoms with van der Waals surface area (Å²) >= 11 is 0.930. The molecule has 0 spiro atoms. The van der Waals surface area contributed by atoms with Crippen LogP contribution in [0.5, 0.6) is 0 Å². The molecular formula is C23H20FN3O4S. The number of amides is 2. The van der Waals surface area contributed by atoms with E-state index in [0.29, 0.717) is 5.69 Å². The molecule has 32 heavy (non-hydrogen) atoms. The van der Waals surface area contributed by atoms with Gasteiger partial charge < -0.3 is 15.4 Å². The number of methoxy groups -OCH3 is 1. The van der Waals surface area contributed by atoms with Crippen LogP contribution in [0.25, 0.3) is 0 Å². The van der Waals surface area contributed by atoms with Crippen LogP contribution in [0.15, 0.2) is 59.1 Å². The predicted octanol–water partition coefficient (Wildman–Crippen LogP) is 3.24. The molecule has 0 unspecified atom stereocenters. The van der Waals surface area contributed by atoms with Crippen molar-refractivity contribution in [3.05, 3.63) is 76.1 Å². The average molecular weight is 453 g/mol. The topological polar surface area (TPSA) is 108 Å². The molecule has 9 heteroatoms. The number of anilines is 1. The molecule has 0 aromatic heterocycles. The number of nitrogens with one attached hydrogen (secondary N) is 2. The summed E-state index contributed by atoms with van der Waals surface area (Å²) < 4.78 is 19.3. The number of rotatable bonds is 6. The number of aryl methyl sites for hydroxylation is 1. The first-order valence-corrected chi connectivity index (χ1v) is 10.6. The van der Waals surface area contributed by atoms with Crippen molar-refractivity contribution in [2.75, 3.05) is 18.2 Å². The molecule has 0 bridgehead atoms. The molecule has 2 atom stereocenters. The smallest absolute Gasteiger partial charge is 0.319 e. The molecule has 0 saturated carbocycles. The molecule has 1 heterocycles. The SMILES string of the molecule is COC(=O)[C@H]1C(=O)NC(SCC(=O)Nc2cccc(C)c2)=C(C#N)[C@H]1c1ccccc1F. The standard InChI is InChI=1S/C23H20FN3O4S/c1-13-6-5-7-14(10-13)26-18(28)12-32-22-16(11-25)19(15-8-3-4-9-17(15)24)20(21(29)27-22)23(30)31-2/h3-10,19-20H,12H2,1-2H3,(H,26,28)(H,27,29)/t19-,20-/m1/s1. The van der Waals surface area contributed by atoms with Gasteiger partial charge in [0.15, 0.2) is 0 Å². The monoisotopic (exact) mass is 453 g/mol. The zero-order chi connectivity index (χ0) is 23.3. The third kappa shape index (κ3) is 4.98. The first-order valence-electron chi connectivity index (χ1n) is 9.62. The lowest BCUT2D eigenvalue weighted by molar-refractivity contribution is -0.150. The van der Waals surface area contributed by atoms with Crippen LogP contribution in [0.2, 0.25) is 0 Å². The molecule has 2 aromatic carbocycles. The highest BCUT2D eigenvalue weighted by molar-refractivity contribution is 8.03. The first kappa shape index (κ1) is 23.0. The van der Waals surface area contributed by atoms with Crippen LogP contribution in [-0.2, 0) is 19.1 Å². The second-order valence-electron chi connectivity index (χ2n) is 7.05. The van der Waals surface area contributed by atoms with Gasteiger partial charge in [-0.15, -0.1) is 0 Å². The molecule has 1 aliphatic rings. The Morgan fingerprint density at radius 1 is 1.25 bits per heavy atom. The number of hydrogen-bond acceptors (Lipinski definition) is 6. The number of thioether (sulfide) groups is 1. The van der Waals surface area contributed by atoms with Crippen molar-refractivity contribution in [1.82, 2.24) is 5.32 Å². The third-order valence-corrected chi connectivity index (χ3v) is 5.89. The fourth-order valence-corrected chi connectivity index (χ4v) is 4.29. The van der Waals surface area contributed by atoms with Crippen molar-refractivity contribution in [2.45, 2.75) is 12.8 Å². The van der Waals surface area contributed by atoms with Gasteiger partial charge in [0.05, 0.1) is 29.5 Å². The van der Waals surface area contributed by atoms with Gasteiger partial charge in [-0.3, -0.25) is 14.4 Å². The number of esters is 1. The number of carbonyl (C=O) groups is 3. The molecule has 0 radical (unpaired) electrons. The maximum atomic E-state index is 14.6. The molecule has 0 saturated heterocycles. The van der Waals surface area contributed by atoms with Crippen LogP contribution in [0.4, 0.5) is 10.1 Å². The maximum Gasteiger partial charge on any atom is 0.319 e. The molecule has 3 rings (SSSR count). The summed E-state index contributed by atoms with van der Waals surface area (Å²) in [6.07, 6.45) is 0. The Morgan fingerprint density at radius 2 is 2.00 bits per heavy atom. The number of hydrogen-bond donors (Lipinski definition) is 2. The molecule has 1 aliphatic heterocycles. The van der Waals surface area contributed by atoms with Gasteiger partial charge in [-0.2, -0.15) is 5.26 Å². The Hall–Kier alpha value is -3.64. The predicted molar refractivity (Wildman–Crippen MR) is 118 cm³/mol. The molecule has 0 aliphatic carbocycles. The van der Waals surface area contributed by atoms with E-state index in [1.165, 1.54) is 18.2 Å². The quantitative estimate of drug-likeness (QED) is 0.514. The Balaban J connectivity index is 1.91. The van der Waals surface area contributed by atoms with Gasteiger partial charge in [0.2, 0.25) is 11.8 Å². The maximum absolute atomic E-state index is 14.6. The van der Waals surface area contributed by atoms with E-state index in [1.54, 1.807) is 18.2 Å². The summed E-state index contributed by atoms with van der Waals surface area (Å²) in [5, 5.41) is 15.2. The second kappa shape index (κ2) is 10.1. The number of nitrogens with zero attached hydrogens (tertiary/aromatic N) is 1. The summed E-state index contributed by atoms with van der Waals surface area (Å²) in [7, 11) is 1.11. The van der Waals surface area contributed by atoms with Crippen LogP contribution in [0, 0.1) is 30.0 Å². The van der Waals surface area contributed by atoms with Crippen molar-refractivity contribution >= 4 is 35.2 Å². The Labute approximate surface area is 188 Å². The van der Waals surface area contributed by atoms with Crippen molar-refractivity contribution in [3.63, 3.8) is 0 Å². The van der Waals surface area contributed by atoms with E-state index in [0.717, 1.165) is 24.4 Å². The normalized spacial score (nSPS) is 17.9. The van der Waals surface area contributed by atoms with Gasteiger partial charge >= 0.3 is 5.97 Å². The van der Waals surface area contributed by atoms with Gasteiger partial charge in [0, 0.05) is 11.6 Å². The van der Waals surface area contributed by atoms with Gasteiger partial charge in [-0.25, -0.2) is 4.39 Å². The average Bonchev–Trinajstić information content (AvgIpc) is 2.77. The highest BCUT2D eigenvalue weighted by atomic mass is 32.2. The lowest BCUT2D eigenvalue weighted by atomic mass is 9.78. The minimum atomic E-state index is -1.43. The van der Waals surface area contributed by atoms with Crippen LogP contribution in [0.1, 0.15) is 17.0 Å². The summed E-state index contributed by atoms with van der Waals surface area (Å²) in [5.41, 5.74) is 1.61. The third-order valence-electron chi connectivity index (χ3n) is 4.87. The summed E-state index contributed by atoms with van der Waals surface area (Å²) in [6, 6.07) is 14.9. The number of halogens is 1. The number of benzene rings is 2. The van der Waals surface area contributed by atoms with E-state index in [-0.39, 0.29) is 27.8 Å². The zero-order valence-corrected chi connectivity index (χ0v) is 18.2. The number of carbonyl (C=O) groups excluding carboxylic acids is 3. The summed E-state index contributed by atoms with van der Waals surface area (Å²) in [6.45, 7) is 1.90. The molecule has 164 valence electrons. The highest BCUT2D eigenvalue weighted by Gasteiger charge is 2.45. The molecule has 0 fully saturated rings. The number of allylic oxidation sites excluding steroid dienone is 1. The molecule has 7 nitrogen and oxygen atoms in total. The summed E-state index contributed by atoms with van der Waals surface area (Å²) in [5.74, 6) is -5.34. The van der Waals surface area contributed by atoms with Crippen molar-refractivity contribution in [2.24, 2.45) is 5.92 Å². The van der Waals surface area contributed by atoms with E-state index in [1.807, 2.05) is 25.1 Å². The van der Waals surface area contributed by atoms with Crippen molar-refractivity contribution in [1.29, 1.82) is 5.26 Å². The highest BCUT2D eigenvalue weighted by Crippen LogP contribution is 2.41. The molecule has 2 aromatic rings. The fourth-order valence-electron chi connectivity index (χ4n) is 3.44. The minimum Gasteiger partial charge on any atom is -0.468 e. The van der Waals surface area contributed by atoms with E-state index < -0.39 is 29.5 Å². The van der Waals surface area contributed by atoms with E-state index in [4.69, 9.17) is 4.74 Å². The van der Waals surface area contributed by atoms with Gasteiger partial charge in [0.25, 0.3) is 0 Å². The van der Waals surface area contributed by atoms with Crippen LogP contribution in [0.3, 0.4) is 0 Å². The van der Waals surface area contributed by atoms with Gasteiger partial charge in [-0.05, 0) is 36.2 Å². The molecular weight excluding hydrogens is 433 g/mol.